The fourth-order valence-electron chi connectivity index (χ4n) is 3.11. The quantitative estimate of drug-likeness (QED) is 0.396. The molecule has 3 aromatic carbocycles. The lowest BCUT2D eigenvalue weighted by molar-refractivity contribution is -0.121. The third-order valence-corrected chi connectivity index (χ3v) is 7.87. The van der Waals surface area contributed by atoms with Gasteiger partial charge in [-0.3, -0.25) is 9.59 Å². The van der Waals surface area contributed by atoms with Gasteiger partial charge in [0.2, 0.25) is 11.8 Å². The molecule has 4 rings (SSSR count). The van der Waals surface area contributed by atoms with Crippen molar-refractivity contribution in [1.29, 1.82) is 0 Å². The number of hydrogen-bond acceptors (Lipinski definition) is 4. The summed E-state index contributed by atoms with van der Waals surface area (Å²) in [7, 11) is 0. The molecule has 3 aromatic rings. The lowest BCUT2D eigenvalue weighted by Crippen LogP contribution is -2.31. The molecule has 0 N–H and O–H groups in total. The van der Waals surface area contributed by atoms with Gasteiger partial charge >= 0.3 is 0 Å². The first-order valence-electron chi connectivity index (χ1n) is 9.21. The zero-order valence-electron chi connectivity index (χ0n) is 15.9. The van der Waals surface area contributed by atoms with E-state index in [2.05, 4.69) is 0 Å². The van der Waals surface area contributed by atoms with Crippen molar-refractivity contribution in [2.24, 2.45) is 0 Å². The SMILES string of the molecule is Cc1ccc(S[C@H]2C(=O)N(c3ccc(Cl)cc3)C(=O)[C@H]2Sc2ccc(Cl)cc2)cc1. The highest BCUT2D eigenvalue weighted by molar-refractivity contribution is 8.05. The first-order valence-corrected chi connectivity index (χ1v) is 11.7. The number of benzene rings is 3. The summed E-state index contributed by atoms with van der Waals surface area (Å²) in [4.78, 5) is 29.8. The van der Waals surface area contributed by atoms with Crippen molar-refractivity contribution in [2.45, 2.75) is 27.2 Å². The molecule has 7 heteroatoms. The van der Waals surface area contributed by atoms with Gasteiger partial charge in [0.15, 0.2) is 0 Å². The smallest absolute Gasteiger partial charge is 0.248 e. The van der Waals surface area contributed by atoms with Gasteiger partial charge in [0.25, 0.3) is 0 Å². The van der Waals surface area contributed by atoms with Crippen LogP contribution in [-0.2, 0) is 9.59 Å². The van der Waals surface area contributed by atoms with Crippen molar-refractivity contribution in [1.82, 2.24) is 0 Å². The van der Waals surface area contributed by atoms with Crippen LogP contribution in [0.5, 0.6) is 0 Å². The van der Waals surface area contributed by atoms with Crippen LogP contribution < -0.4 is 4.90 Å². The van der Waals surface area contributed by atoms with Crippen molar-refractivity contribution in [2.75, 3.05) is 4.90 Å². The molecule has 1 aliphatic heterocycles. The van der Waals surface area contributed by atoms with E-state index in [-0.39, 0.29) is 11.8 Å². The van der Waals surface area contributed by atoms with Crippen molar-refractivity contribution in [3.05, 3.63) is 88.4 Å². The predicted molar refractivity (Wildman–Crippen MR) is 126 cm³/mol. The summed E-state index contributed by atoms with van der Waals surface area (Å²) in [6.45, 7) is 2.01. The molecule has 152 valence electrons. The third-order valence-electron chi connectivity index (χ3n) is 4.65. The van der Waals surface area contributed by atoms with Crippen LogP contribution in [0.25, 0.3) is 0 Å². The molecule has 0 radical (unpaired) electrons. The lowest BCUT2D eigenvalue weighted by Gasteiger charge is -2.14. The van der Waals surface area contributed by atoms with E-state index in [0.717, 1.165) is 15.4 Å². The topological polar surface area (TPSA) is 37.4 Å². The minimum atomic E-state index is -0.555. The van der Waals surface area contributed by atoms with Gasteiger partial charge in [0.1, 0.15) is 10.5 Å². The van der Waals surface area contributed by atoms with Crippen LogP contribution in [0.3, 0.4) is 0 Å². The number of anilines is 1. The Labute approximate surface area is 193 Å². The first-order chi connectivity index (χ1) is 14.4. The highest BCUT2D eigenvalue weighted by Gasteiger charge is 2.49. The molecule has 0 saturated carbocycles. The Kier molecular flexibility index (Phi) is 6.44. The van der Waals surface area contributed by atoms with Gasteiger partial charge in [-0.15, -0.1) is 23.5 Å². The van der Waals surface area contributed by atoms with Crippen LogP contribution in [-0.4, -0.2) is 22.3 Å². The molecule has 0 aromatic heterocycles. The highest BCUT2D eigenvalue weighted by Crippen LogP contribution is 2.42. The van der Waals surface area contributed by atoms with Crippen LogP contribution in [0.15, 0.2) is 82.6 Å². The van der Waals surface area contributed by atoms with Crippen LogP contribution in [0.1, 0.15) is 5.56 Å². The third kappa shape index (κ3) is 4.54. The average Bonchev–Trinajstić information content (AvgIpc) is 2.96. The van der Waals surface area contributed by atoms with Crippen LogP contribution in [0, 0.1) is 6.92 Å². The number of nitrogens with zero attached hydrogens (tertiary/aromatic N) is 1. The van der Waals surface area contributed by atoms with Crippen LogP contribution >= 0.6 is 46.7 Å². The zero-order chi connectivity index (χ0) is 21.3. The molecule has 0 bridgehead atoms. The number of aryl methyl sites for hydroxylation is 1. The van der Waals surface area contributed by atoms with E-state index in [1.54, 1.807) is 36.4 Å². The predicted octanol–water partition coefficient (Wildman–Crippen LogP) is 6.50. The number of imide groups is 1. The van der Waals surface area contributed by atoms with Gasteiger partial charge in [-0.1, -0.05) is 40.9 Å². The summed E-state index contributed by atoms with van der Waals surface area (Å²) in [5, 5.41) is 0.0780. The zero-order valence-corrected chi connectivity index (χ0v) is 19.1. The standard InChI is InChI=1S/C23H17Cl2NO2S2/c1-14-2-10-18(11-3-14)29-20-21(30-19-12-6-16(25)7-13-19)23(28)26(22(20)27)17-8-4-15(24)5-9-17/h2-13,20-21H,1H3/t20-,21+/m1/s1. The number of rotatable bonds is 5. The molecule has 1 fully saturated rings. The first kappa shape index (κ1) is 21.3. The second kappa shape index (κ2) is 9.06. The Morgan fingerprint density at radius 1 is 0.667 bits per heavy atom. The van der Waals surface area contributed by atoms with Gasteiger partial charge in [-0.05, 0) is 67.6 Å². The molecule has 1 aliphatic rings. The molecule has 2 amide bonds. The summed E-state index contributed by atoms with van der Waals surface area (Å²) in [6, 6.07) is 22.0. The van der Waals surface area contributed by atoms with Gasteiger partial charge < -0.3 is 0 Å². The molecule has 0 aliphatic carbocycles. The van der Waals surface area contributed by atoms with Gasteiger partial charge in [-0.25, -0.2) is 4.90 Å². The number of halogens is 2. The molecule has 2 atom stereocenters. The van der Waals surface area contributed by atoms with Crippen LogP contribution in [0.2, 0.25) is 10.0 Å². The lowest BCUT2D eigenvalue weighted by atomic mass is 10.2. The van der Waals surface area contributed by atoms with Gasteiger partial charge in [-0.2, -0.15) is 0 Å². The maximum atomic E-state index is 13.3. The molecular weight excluding hydrogens is 457 g/mol. The second-order valence-electron chi connectivity index (χ2n) is 6.83. The van der Waals surface area contributed by atoms with Crippen molar-refractivity contribution in [3.8, 4) is 0 Å². The van der Waals surface area contributed by atoms with E-state index in [4.69, 9.17) is 23.2 Å². The molecule has 0 spiro atoms. The van der Waals surface area contributed by atoms with E-state index < -0.39 is 10.5 Å². The minimum Gasteiger partial charge on any atom is -0.273 e. The Morgan fingerprint density at radius 3 is 1.53 bits per heavy atom. The molecule has 3 nitrogen and oxygen atoms in total. The fourth-order valence-corrected chi connectivity index (χ4v) is 5.77. The summed E-state index contributed by atoms with van der Waals surface area (Å²) >= 11 is 14.8. The van der Waals surface area contributed by atoms with Gasteiger partial charge in [0, 0.05) is 19.8 Å². The number of thioether (sulfide) groups is 2. The van der Waals surface area contributed by atoms with E-state index in [1.165, 1.54) is 28.4 Å². The van der Waals surface area contributed by atoms with E-state index in [0.29, 0.717) is 15.7 Å². The van der Waals surface area contributed by atoms with Gasteiger partial charge in [0.05, 0.1) is 5.69 Å². The van der Waals surface area contributed by atoms with Crippen LogP contribution in [0.4, 0.5) is 5.69 Å². The Balaban J connectivity index is 1.67. The van der Waals surface area contributed by atoms with Crippen molar-refractivity contribution in [3.63, 3.8) is 0 Å². The molecule has 30 heavy (non-hydrogen) atoms. The second-order valence-corrected chi connectivity index (χ2v) is 10.1. The van der Waals surface area contributed by atoms with Crippen molar-refractivity contribution < 1.29 is 9.59 Å². The monoisotopic (exact) mass is 473 g/mol. The highest BCUT2D eigenvalue weighted by atomic mass is 35.5. The number of hydrogen-bond donors (Lipinski definition) is 0. The maximum absolute atomic E-state index is 13.3. The molecule has 1 heterocycles. The summed E-state index contributed by atoms with van der Waals surface area (Å²) in [5.74, 6) is -0.453. The molecule has 0 unspecified atom stereocenters. The number of carbonyl (C=O) groups excluding carboxylic acids is 2. The normalized spacial score (nSPS) is 18.8. The van der Waals surface area contributed by atoms with E-state index >= 15 is 0 Å². The Morgan fingerprint density at radius 2 is 1.07 bits per heavy atom. The van der Waals surface area contributed by atoms with E-state index in [1.807, 2.05) is 43.3 Å². The fraction of sp³-hybridized carbons (Fsp3) is 0.130. The Hall–Kier alpha value is -1.92. The molecular formula is C23H17Cl2NO2S2. The minimum absolute atomic E-state index is 0.223. The average molecular weight is 474 g/mol. The van der Waals surface area contributed by atoms with Crippen molar-refractivity contribution >= 4 is 64.2 Å². The molecule has 1 saturated heterocycles. The maximum Gasteiger partial charge on any atom is 0.248 e. The largest absolute Gasteiger partial charge is 0.273 e. The summed E-state index contributed by atoms with van der Waals surface area (Å²) < 4.78 is 0. The number of carbonyl (C=O) groups is 2. The van der Waals surface area contributed by atoms with E-state index in [9.17, 15) is 9.59 Å². The summed E-state index contributed by atoms with van der Waals surface area (Å²) in [5.41, 5.74) is 1.67. The number of amides is 2. The Bertz CT molecular complexity index is 1000. The summed E-state index contributed by atoms with van der Waals surface area (Å²) in [6.07, 6.45) is 0.